The zero-order chi connectivity index (χ0) is 10.5. The minimum absolute atomic E-state index is 0.607. The van der Waals surface area contributed by atoms with Crippen molar-refractivity contribution in [1.82, 2.24) is 0 Å². The molecule has 0 bridgehead atoms. The van der Waals surface area contributed by atoms with Crippen LogP contribution in [0.3, 0.4) is 0 Å². The Morgan fingerprint density at radius 3 is 3.07 bits per heavy atom. The molecule has 0 fully saturated rings. The second kappa shape index (κ2) is 4.84. The highest BCUT2D eigenvalue weighted by Crippen LogP contribution is 2.27. The quantitative estimate of drug-likeness (QED) is 0.710. The fourth-order valence-electron chi connectivity index (χ4n) is 1.69. The van der Waals surface area contributed by atoms with Crippen LogP contribution in [0.1, 0.15) is 12.8 Å². The summed E-state index contributed by atoms with van der Waals surface area (Å²) in [7, 11) is 1.69. The first-order valence-corrected chi connectivity index (χ1v) is 4.97. The molecule has 0 aromatic carbocycles. The monoisotopic (exact) mass is 206 g/mol. The van der Waals surface area contributed by atoms with Gasteiger partial charge in [0.25, 0.3) is 0 Å². The summed E-state index contributed by atoms with van der Waals surface area (Å²) in [6.07, 6.45) is 10.9. The van der Waals surface area contributed by atoms with Crippen molar-refractivity contribution in [2.45, 2.75) is 12.8 Å². The topological polar surface area (TPSA) is 27.7 Å². The molecule has 0 saturated heterocycles. The molecule has 1 heterocycles. The minimum atomic E-state index is 0.607. The SMILES string of the molecule is COCC1=C(C2=COC=CO2)CCC=C1. The average Bonchev–Trinajstić information content (AvgIpc) is 2.31. The Labute approximate surface area is 89.3 Å². The van der Waals surface area contributed by atoms with Crippen LogP contribution in [0.25, 0.3) is 0 Å². The van der Waals surface area contributed by atoms with Crippen molar-refractivity contribution in [1.29, 1.82) is 0 Å². The van der Waals surface area contributed by atoms with E-state index in [1.165, 1.54) is 11.8 Å². The van der Waals surface area contributed by atoms with Crippen molar-refractivity contribution in [3.63, 3.8) is 0 Å². The van der Waals surface area contributed by atoms with Gasteiger partial charge in [0.2, 0.25) is 0 Å². The Hall–Kier alpha value is -1.48. The summed E-state index contributed by atoms with van der Waals surface area (Å²) in [6.45, 7) is 0.607. The van der Waals surface area contributed by atoms with Gasteiger partial charge in [-0.05, 0) is 18.4 Å². The van der Waals surface area contributed by atoms with Crippen molar-refractivity contribution in [2.24, 2.45) is 0 Å². The zero-order valence-electron chi connectivity index (χ0n) is 8.73. The number of methoxy groups -OCH3 is 1. The van der Waals surface area contributed by atoms with Gasteiger partial charge in [0.05, 0.1) is 6.61 Å². The number of hydrogen-bond acceptors (Lipinski definition) is 3. The van der Waals surface area contributed by atoms with Crippen LogP contribution in [-0.4, -0.2) is 13.7 Å². The molecule has 3 heteroatoms. The van der Waals surface area contributed by atoms with Gasteiger partial charge in [-0.25, -0.2) is 0 Å². The molecule has 0 radical (unpaired) electrons. The lowest BCUT2D eigenvalue weighted by molar-refractivity contribution is 0.224. The minimum Gasteiger partial charge on any atom is -0.466 e. The first-order chi connectivity index (χ1) is 7.42. The molecule has 2 rings (SSSR count). The molecule has 80 valence electrons. The summed E-state index contributed by atoms with van der Waals surface area (Å²) in [5, 5.41) is 0. The summed E-state index contributed by atoms with van der Waals surface area (Å²) in [5.41, 5.74) is 2.33. The largest absolute Gasteiger partial charge is 0.466 e. The maximum atomic E-state index is 5.40. The van der Waals surface area contributed by atoms with Gasteiger partial charge < -0.3 is 14.2 Å². The Morgan fingerprint density at radius 1 is 1.40 bits per heavy atom. The molecule has 2 aliphatic rings. The van der Waals surface area contributed by atoms with Gasteiger partial charge >= 0.3 is 0 Å². The predicted octanol–water partition coefficient (Wildman–Crippen LogP) is 2.64. The lowest BCUT2D eigenvalue weighted by Gasteiger charge is -2.18. The fraction of sp³-hybridized carbons (Fsp3) is 0.333. The van der Waals surface area contributed by atoms with E-state index in [4.69, 9.17) is 14.2 Å². The van der Waals surface area contributed by atoms with E-state index in [9.17, 15) is 0 Å². The molecule has 0 aromatic heterocycles. The highest BCUT2D eigenvalue weighted by molar-refractivity contribution is 5.40. The van der Waals surface area contributed by atoms with Gasteiger partial charge in [0, 0.05) is 12.7 Å². The molecule has 3 nitrogen and oxygen atoms in total. The Morgan fingerprint density at radius 2 is 2.33 bits per heavy atom. The summed E-state index contributed by atoms with van der Waals surface area (Å²) in [4.78, 5) is 0. The zero-order valence-corrected chi connectivity index (χ0v) is 8.73. The molecule has 15 heavy (non-hydrogen) atoms. The number of rotatable bonds is 3. The van der Waals surface area contributed by atoms with Crippen molar-refractivity contribution >= 4 is 0 Å². The molecular formula is C12H14O3. The van der Waals surface area contributed by atoms with Crippen LogP contribution in [0.4, 0.5) is 0 Å². The molecule has 0 spiro atoms. The molecule has 0 aromatic rings. The number of hydrogen-bond donors (Lipinski definition) is 0. The number of allylic oxidation sites excluding steroid dienone is 2. The fourth-order valence-corrected chi connectivity index (χ4v) is 1.69. The van der Waals surface area contributed by atoms with Crippen LogP contribution in [-0.2, 0) is 14.2 Å². The van der Waals surface area contributed by atoms with Crippen LogP contribution >= 0.6 is 0 Å². The van der Waals surface area contributed by atoms with E-state index in [0.717, 1.165) is 24.2 Å². The second-order valence-electron chi connectivity index (χ2n) is 3.39. The number of ether oxygens (including phenoxy) is 3. The van der Waals surface area contributed by atoms with E-state index in [2.05, 4.69) is 12.2 Å². The summed E-state index contributed by atoms with van der Waals surface area (Å²) < 4.78 is 15.6. The lowest BCUT2D eigenvalue weighted by atomic mass is 9.96. The van der Waals surface area contributed by atoms with E-state index in [-0.39, 0.29) is 0 Å². The normalized spacial score (nSPS) is 19.7. The van der Waals surface area contributed by atoms with E-state index < -0.39 is 0 Å². The van der Waals surface area contributed by atoms with Crippen molar-refractivity contribution in [3.8, 4) is 0 Å². The van der Waals surface area contributed by atoms with E-state index in [1.54, 1.807) is 19.6 Å². The van der Waals surface area contributed by atoms with Gasteiger partial charge in [-0.1, -0.05) is 12.2 Å². The van der Waals surface area contributed by atoms with E-state index >= 15 is 0 Å². The van der Waals surface area contributed by atoms with Gasteiger partial charge in [-0.15, -0.1) is 0 Å². The van der Waals surface area contributed by atoms with Gasteiger partial charge in [0.15, 0.2) is 5.76 Å². The van der Waals surface area contributed by atoms with Crippen molar-refractivity contribution < 1.29 is 14.2 Å². The second-order valence-corrected chi connectivity index (χ2v) is 3.39. The molecule has 1 aliphatic heterocycles. The van der Waals surface area contributed by atoms with Crippen molar-refractivity contribution in [3.05, 3.63) is 47.8 Å². The Bertz CT molecular complexity index is 348. The average molecular weight is 206 g/mol. The smallest absolute Gasteiger partial charge is 0.165 e. The summed E-state index contributed by atoms with van der Waals surface area (Å²) in [5.74, 6) is 0.786. The summed E-state index contributed by atoms with van der Waals surface area (Å²) >= 11 is 0. The van der Waals surface area contributed by atoms with Crippen LogP contribution in [0.5, 0.6) is 0 Å². The molecule has 0 N–H and O–H groups in total. The molecule has 0 unspecified atom stereocenters. The maximum Gasteiger partial charge on any atom is 0.165 e. The first-order valence-electron chi connectivity index (χ1n) is 4.97. The first kappa shape index (κ1) is 10.1. The van der Waals surface area contributed by atoms with Crippen LogP contribution in [0, 0.1) is 0 Å². The maximum absolute atomic E-state index is 5.40. The molecule has 1 aliphatic carbocycles. The summed E-state index contributed by atoms with van der Waals surface area (Å²) in [6, 6.07) is 0. The highest BCUT2D eigenvalue weighted by atomic mass is 16.5. The van der Waals surface area contributed by atoms with Gasteiger partial charge in [-0.2, -0.15) is 0 Å². The Kier molecular flexibility index (Phi) is 3.25. The highest BCUT2D eigenvalue weighted by Gasteiger charge is 2.15. The third kappa shape index (κ3) is 2.30. The third-order valence-electron chi connectivity index (χ3n) is 2.37. The molecule has 0 atom stereocenters. The van der Waals surface area contributed by atoms with E-state index in [0.29, 0.717) is 6.61 Å². The van der Waals surface area contributed by atoms with Gasteiger partial charge in [-0.3, -0.25) is 0 Å². The molecule has 0 amide bonds. The standard InChI is InChI=1S/C12H14O3/c1-13-8-10-4-2-3-5-11(10)12-9-14-6-7-15-12/h2,4,6-7,9H,3,5,8H2,1H3. The van der Waals surface area contributed by atoms with Crippen LogP contribution in [0.15, 0.2) is 47.8 Å². The Balaban J connectivity index is 2.22. The van der Waals surface area contributed by atoms with Crippen LogP contribution < -0.4 is 0 Å². The molecular weight excluding hydrogens is 192 g/mol. The predicted molar refractivity (Wildman–Crippen MR) is 56.7 cm³/mol. The molecule has 0 saturated carbocycles. The van der Waals surface area contributed by atoms with E-state index in [1.807, 2.05) is 0 Å². The van der Waals surface area contributed by atoms with Crippen LogP contribution in [0.2, 0.25) is 0 Å². The van der Waals surface area contributed by atoms with Gasteiger partial charge in [0.1, 0.15) is 18.8 Å². The van der Waals surface area contributed by atoms with Crippen molar-refractivity contribution in [2.75, 3.05) is 13.7 Å². The third-order valence-corrected chi connectivity index (χ3v) is 2.37. The lowest BCUT2D eigenvalue weighted by Crippen LogP contribution is -2.06.